The first kappa shape index (κ1) is 106. The lowest BCUT2D eigenvalue weighted by Crippen LogP contribution is -2.39. The van der Waals surface area contributed by atoms with E-state index in [1.165, 1.54) is 0 Å². The number of phosphoric acid groups is 4. The lowest BCUT2D eigenvalue weighted by Gasteiger charge is -2.25. The summed E-state index contributed by atoms with van der Waals surface area (Å²) in [5.41, 5.74) is 0. The summed E-state index contributed by atoms with van der Waals surface area (Å²) in [5.74, 6) is -0.0878. The van der Waals surface area contributed by atoms with Gasteiger partial charge in [0.05, 0.1) is 102 Å². The fourth-order valence-corrected chi connectivity index (χ4v) is 10.8. The molecule has 0 aromatic rings. The summed E-state index contributed by atoms with van der Waals surface area (Å²) in [6.07, 6.45) is 1.84. The number of ketones is 3. The lowest BCUT2D eigenvalue weighted by molar-refractivity contribution is -0.134. The number of carbonyl (C=O) groups is 6. The van der Waals surface area contributed by atoms with Crippen molar-refractivity contribution in [2.24, 2.45) is 35.5 Å². The van der Waals surface area contributed by atoms with Gasteiger partial charge in [-0.15, -0.1) is 0 Å². The number of ether oxygens (including phenoxy) is 6. The summed E-state index contributed by atoms with van der Waals surface area (Å²) in [5, 5.41) is 33.4. The van der Waals surface area contributed by atoms with Gasteiger partial charge in [-0.25, -0.2) is 18.3 Å². The van der Waals surface area contributed by atoms with E-state index in [4.69, 9.17) is 38.1 Å². The molecule has 0 aromatic heterocycles. The van der Waals surface area contributed by atoms with Crippen molar-refractivity contribution in [1.29, 1.82) is 0 Å². The number of aliphatic hydroxyl groups excluding tert-OH is 3. The molecule has 0 aromatic carbocycles. The summed E-state index contributed by atoms with van der Waals surface area (Å²) in [6, 6.07) is -0.0456. The van der Waals surface area contributed by atoms with Gasteiger partial charge in [-0.2, -0.15) is 0 Å². The number of nitrogens with one attached hydrogen (secondary N) is 2. The molecule has 0 spiro atoms. The summed E-state index contributed by atoms with van der Waals surface area (Å²) in [4.78, 5) is 108. The van der Waals surface area contributed by atoms with E-state index in [9.17, 15) is 76.8 Å². The molecular formula is C64H131N3O31P4. The van der Waals surface area contributed by atoms with Crippen molar-refractivity contribution in [2.45, 2.75) is 245 Å². The molecule has 1 heterocycles. The maximum absolute atomic E-state index is 12.2. The zero-order valence-corrected chi connectivity index (χ0v) is 67.8. The smallest absolute Gasteiger partial charge is 0.396 e. The van der Waals surface area contributed by atoms with E-state index in [-0.39, 0.29) is 149 Å². The molecule has 1 aliphatic heterocycles. The third-order valence-corrected chi connectivity index (χ3v) is 17.2. The molecule has 9 N–H and O–H groups in total. The maximum atomic E-state index is 12.2. The van der Waals surface area contributed by atoms with Crippen molar-refractivity contribution in [2.75, 3.05) is 99.7 Å². The van der Waals surface area contributed by atoms with Crippen molar-refractivity contribution in [1.82, 2.24) is 15.5 Å². The van der Waals surface area contributed by atoms with Crippen LogP contribution in [0.1, 0.15) is 196 Å². The molecule has 102 heavy (non-hydrogen) atoms. The minimum absolute atomic E-state index is 0.00958. The second kappa shape index (κ2) is 60.4. The van der Waals surface area contributed by atoms with Gasteiger partial charge >= 0.3 is 31.3 Å². The zero-order chi connectivity index (χ0) is 79.4. The van der Waals surface area contributed by atoms with Gasteiger partial charge in [0.25, 0.3) is 0 Å². The van der Waals surface area contributed by atoms with Crippen LogP contribution in [0.5, 0.6) is 0 Å². The van der Waals surface area contributed by atoms with Crippen LogP contribution in [-0.4, -0.2) is 223 Å². The predicted octanol–water partition coefficient (Wildman–Crippen LogP) is 8.71. The number of β-amino-alcohol motifs (C(OH)–C–C–N with tert-alkyl or cyclic N) is 1. The minimum atomic E-state index is -4.19. The zero-order valence-electron chi connectivity index (χ0n) is 64.2. The molecule has 1 rings (SSSR count). The van der Waals surface area contributed by atoms with Crippen molar-refractivity contribution < 1.29 is 147 Å². The number of Topliss-reactive ketones (excluding diaryl/α,β-unsaturated/α-hetero) is 3. The van der Waals surface area contributed by atoms with Crippen LogP contribution >= 0.6 is 31.3 Å². The van der Waals surface area contributed by atoms with Crippen LogP contribution in [-0.2, 0) is 112 Å². The molecule has 0 saturated carbocycles. The molecule has 0 aliphatic carbocycles. The van der Waals surface area contributed by atoms with E-state index in [2.05, 4.69) is 56.1 Å². The van der Waals surface area contributed by atoms with Crippen molar-refractivity contribution >= 4 is 66.4 Å². The van der Waals surface area contributed by atoms with Gasteiger partial charge in [0.1, 0.15) is 24.1 Å². The highest BCUT2D eigenvalue weighted by molar-refractivity contribution is 7.48. The Morgan fingerprint density at radius 2 is 0.784 bits per heavy atom. The van der Waals surface area contributed by atoms with E-state index in [0.717, 1.165) is 6.42 Å². The van der Waals surface area contributed by atoms with Gasteiger partial charge in [-0.3, -0.25) is 65.0 Å². The number of phosphoric ester groups is 4. The number of hydrogen-bond donors (Lipinski definition) is 9. The third kappa shape index (κ3) is 68.1. The Kier molecular flexibility index (Phi) is 62.7. The van der Waals surface area contributed by atoms with Gasteiger partial charge in [-0.1, -0.05) is 55.4 Å². The number of carbonyl (C=O) groups excluding carboxylic acids is 6. The van der Waals surface area contributed by atoms with Gasteiger partial charge in [-0.05, 0) is 108 Å². The Bertz CT molecular complexity index is 2380. The quantitative estimate of drug-likeness (QED) is 0.0156. The average molecular weight is 1560 g/mol. The Balaban J connectivity index is -0.000000593. The first-order valence-electron chi connectivity index (χ1n) is 34.6. The highest BCUT2D eigenvalue weighted by Gasteiger charge is 2.35. The van der Waals surface area contributed by atoms with Gasteiger partial charge in [0, 0.05) is 87.7 Å². The van der Waals surface area contributed by atoms with E-state index in [1.807, 2.05) is 55.4 Å². The molecule has 34 nitrogen and oxygen atoms in total. The number of amides is 3. The van der Waals surface area contributed by atoms with Gasteiger partial charge in [0.15, 0.2) is 20.4 Å². The van der Waals surface area contributed by atoms with Gasteiger partial charge < -0.3 is 78.8 Å². The Morgan fingerprint density at radius 3 is 1.12 bits per heavy atom. The van der Waals surface area contributed by atoms with Crippen molar-refractivity contribution in [3.05, 3.63) is 0 Å². The summed E-state index contributed by atoms with van der Waals surface area (Å²) in [6.45, 7) is 35.8. The first-order chi connectivity index (χ1) is 47.1. The summed E-state index contributed by atoms with van der Waals surface area (Å²) < 4.78 is 114. The van der Waals surface area contributed by atoms with Crippen LogP contribution in [0.15, 0.2) is 0 Å². The number of aliphatic hydroxyl groups is 3. The molecule has 1 saturated heterocycles. The fraction of sp³-hybridized carbons (Fsp3) is 0.906. The Morgan fingerprint density at radius 1 is 0.441 bits per heavy atom. The minimum Gasteiger partial charge on any atom is -0.396 e. The van der Waals surface area contributed by atoms with E-state index in [1.54, 1.807) is 74.1 Å². The van der Waals surface area contributed by atoms with Gasteiger partial charge in [0.2, 0.25) is 17.7 Å². The highest BCUT2D eigenvalue weighted by atomic mass is 31.2. The number of rotatable bonds is 53. The van der Waals surface area contributed by atoms with Crippen LogP contribution in [0.2, 0.25) is 0 Å². The fourth-order valence-electron chi connectivity index (χ4n) is 7.43. The van der Waals surface area contributed by atoms with Crippen LogP contribution in [0.4, 0.5) is 0 Å². The lowest BCUT2D eigenvalue weighted by atomic mass is 10.0. The SMILES string of the molecule is CC(C)CCNC(=O)CCC(=O)C(C)C.CC(C)OCOCC(CO)COCOP(=O)(O)OC(C)C.CC(C)OC[C@@H]1C[C@H](O)CN1C(=O)CCCC(=O)C(C)C.CC(C)OP(=O)(O)OCCNC(=O)CCC(=O)C(C)C.CC(C)OP(=O)(O)OCOCC(CO)COCOP(=O)(O)OC(C)C. The standard InChI is InChI=1S/C16H29NO4.C12H24NO6P.C12H23NO2.C12H28O11P2.C12H27O8P/c1-11(2)15(19)6-5-7-16(20)17-9-14(18)8-13(17)10-21-12(3)4;1-9(2)11(14)5-6-12(15)13-7-8-18-20(16,17)19-10(3)4;1-9(2)7-8-13-12(15)6-5-11(14)10(3)4;1-10(2)22-24(14,15)20-8-18-6-12(5-13)7-19-9-21-25(16,17)23-11(3)4;1-10(2)18-8-16-6-12(5-13)7-17-9-19-21(14,15)20-11(3)4/h11-14,18H,5-10H2,1-4H3;9-10H,5-8H2,1-4H3,(H,13,15)(H,16,17);9-10H,5-8H2,1-4H3,(H,13,15);10-13H,5-9H2,1-4H3,(H,14,15)(H,16,17);10-13H,5-9H2,1-4H3,(H,14,15)/t13-,14-;;;;/m0..../s1. The van der Waals surface area contributed by atoms with E-state index >= 15 is 0 Å². The predicted molar refractivity (Wildman–Crippen MR) is 379 cm³/mol. The molecule has 0 radical (unpaired) electrons. The van der Waals surface area contributed by atoms with E-state index < -0.39 is 88.1 Å². The van der Waals surface area contributed by atoms with Crippen LogP contribution in [0.25, 0.3) is 0 Å². The largest absolute Gasteiger partial charge is 0.474 e. The normalized spacial score (nSPS) is 16.9. The molecule has 38 heteroatoms. The second-order valence-corrected chi connectivity index (χ2v) is 32.2. The van der Waals surface area contributed by atoms with Crippen molar-refractivity contribution in [3.8, 4) is 0 Å². The Labute approximate surface area is 606 Å². The topological polar surface area (TPSA) is 469 Å². The molecular weight excluding hydrogens is 1430 g/mol. The summed E-state index contributed by atoms with van der Waals surface area (Å²) >= 11 is 0. The second-order valence-electron chi connectivity index (χ2n) is 26.5. The average Bonchev–Trinajstić information content (AvgIpc) is 1.71. The molecule has 3 amide bonds. The molecule has 5 unspecified atom stereocenters. The molecule has 1 aliphatic rings. The van der Waals surface area contributed by atoms with Crippen LogP contribution in [0.3, 0.4) is 0 Å². The number of nitrogens with zero attached hydrogens (tertiary/aromatic N) is 1. The highest BCUT2D eigenvalue weighted by Crippen LogP contribution is 2.46. The summed E-state index contributed by atoms with van der Waals surface area (Å²) in [7, 11) is -16.5. The molecule has 1 fully saturated rings. The number of likely N-dealkylation sites (tertiary alicyclic amines) is 1. The van der Waals surface area contributed by atoms with Crippen molar-refractivity contribution in [3.63, 3.8) is 0 Å². The third-order valence-electron chi connectivity index (χ3n) is 12.7. The van der Waals surface area contributed by atoms with E-state index in [0.29, 0.717) is 64.1 Å². The molecule has 608 valence electrons. The molecule has 0 bridgehead atoms. The van der Waals surface area contributed by atoms with Crippen LogP contribution < -0.4 is 10.6 Å². The number of hydrogen-bond acceptors (Lipinski definition) is 27. The van der Waals surface area contributed by atoms with Crippen LogP contribution in [0, 0.1) is 35.5 Å². The Hall–Kier alpha value is -2.50. The monoisotopic (exact) mass is 1560 g/mol. The molecule has 7 atom stereocenters. The first-order valence-corrected chi connectivity index (χ1v) is 40.6. The maximum Gasteiger partial charge on any atom is 0.474 e.